The first-order chi connectivity index (χ1) is 6.90. The summed E-state index contributed by atoms with van der Waals surface area (Å²) in [5.74, 6) is 2.05. The van der Waals surface area contributed by atoms with E-state index < -0.39 is 0 Å². The van der Waals surface area contributed by atoms with E-state index >= 15 is 0 Å². The van der Waals surface area contributed by atoms with Crippen molar-refractivity contribution >= 4 is 0 Å². The summed E-state index contributed by atoms with van der Waals surface area (Å²) in [6.07, 6.45) is 7.96. The molecular weight excluding hydrogens is 172 g/mol. The van der Waals surface area contributed by atoms with Gasteiger partial charge in [-0.05, 0) is 37.5 Å². The fourth-order valence-corrected chi connectivity index (χ4v) is 4.05. The van der Waals surface area contributed by atoms with Crippen LogP contribution in [0.2, 0.25) is 0 Å². The van der Waals surface area contributed by atoms with Gasteiger partial charge in [0.25, 0.3) is 0 Å². The second-order valence-corrected chi connectivity index (χ2v) is 5.22. The average molecular weight is 190 g/mol. The maximum atomic E-state index is 9.11. The van der Waals surface area contributed by atoms with Gasteiger partial charge in [0.2, 0.25) is 0 Å². The van der Waals surface area contributed by atoms with E-state index in [-0.39, 0.29) is 0 Å². The Bertz CT molecular complexity index is 268. The Morgan fingerprint density at radius 2 is 1.79 bits per heavy atom. The minimum Gasteiger partial charge on any atom is -0.309 e. The Morgan fingerprint density at radius 3 is 2.64 bits per heavy atom. The predicted octanol–water partition coefficient (Wildman–Crippen LogP) is 2.07. The largest absolute Gasteiger partial charge is 0.309 e. The van der Waals surface area contributed by atoms with E-state index in [2.05, 4.69) is 11.4 Å². The zero-order valence-electron chi connectivity index (χ0n) is 8.58. The summed E-state index contributed by atoms with van der Waals surface area (Å²) in [5, 5.41) is 12.8. The fraction of sp³-hybridized carbons (Fsp3) is 0.917. The first kappa shape index (κ1) is 8.73. The maximum Gasteiger partial charge on any atom is 0.0672 e. The summed E-state index contributed by atoms with van der Waals surface area (Å²) in [7, 11) is 0. The third-order valence-electron chi connectivity index (χ3n) is 4.64. The van der Waals surface area contributed by atoms with Gasteiger partial charge in [-0.1, -0.05) is 12.8 Å². The van der Waals surface area contributed by atoms with Crippen molar-refractivity contribution in [2.75, 3.05) is 0 Å². The van der Waals surface area contributed by atoms with Gasteiger partial charge in [0.15, 0.2) is 0 Å². The SMILES string of the molecule is N#CC1CCCC2C3CCCC3NC12. The number of fused-ring (bicyclic) bond motifs is 3. The van der Waals surface area contributed by atoms with Gasteiger partial charge in [0, 0.05) is 12.1 Å². The fourth-order valence-electron chi connectivity index (χ4n) is 4.05. The molecule has 5 unspecified atom stereocenters. The molecule has 0 amide bonds. The first-order valence-electron chi connectivity index (χ1n) is 6.06. The quantitative estimate of drug-likeness (QED) is 0.634. The molecule has 3 fully saturated rings. The van der Waals surface area contributed by atoms with Crippen molar-refractivity contribution in [2.24, 2.45) is 17.8 Å². The third kappa shape index (κ3) is 1.12. The molecule has 0 aromatic heterocycles. The summed E-state index contributed by atoms with van der Waals surface area (Å²) in [4.78, 5) is 0. The van der Waals surface area contributed by atoms with Crippen LogP contribution in [-0.4, -0.2) is 12.1 Å². The van der Waals surface area contributed by atoms with Crippen LogP contribution in [0.5, 0.6) is 0 Å². The molecule has 1 saturated heterocycles. The molecule has 3 aliphatic rings. The minimum absolute atomic E-state index is 0.305. The second kappa shape index (κ2) is 3.24. The molecule has 76 valence electrons. The van der Waals surface area contributed by atoms with E-state index in [4.69, 9.17) is 5.26 Å². The van der Waals surface area contributed by atoms with Crippen LogP contribution in [0.25, 0.3) is 0 Å². The van der Waals surface area contributed by atoms with Gasteiger partial charge in [0.1, 0.15) is 0 Å². The Labute approximate surface area is 85.7 Å². The number of hydrogen-bond acceptors (Lipinski definition) is 2. The number of nitriles is 1. The highest BCUT2D eigenvalue weighted by Gasteiger charge is 2.48. The Morgan fingerprint density at radius 1 is 1.00 bits per heavy atom. The molecule has 1 aliphatic heterocycles. The molecule has 2 heteroatoms. The summed E-state index contributed by atoms with van der Waals surface area (Å²) < 4.78 is 0. The van der Waals surface area contributed by atoms with Gasteiger partial charge in [-0.3, -0.25) is 0 Å². The normalized spacial score (nSPS) is 50.9. The number of nitrogens with zero attached hydrogens (tertiary/aromatic N) is 1. The van der Waals surface area contributed by atoms with Gasteiger partial charge in [-0.15, -0.1) is 0 Å². The van der Waals surface area contributed by atoms with Crippen molar-refractivity contribution in [3.05, 3.63) is 0 Å². The van der Waals surface area contributed by atoms with Crippen LogP contribution >= 0.6 is 0 Å². The first-order valence-corrected chi connectivity index (χ1v) is 6.06. The maximum absolute atomic E-state index is 9.11. The highest BCUT2D eigenvalue weighted by Crippen LogP contribution is 2.46. The van der Waals surface area contributed by atoms with E-state index in [1.165, 1.54) is 32.1 Å². The molecule has 2 aliphatic carbocycles. The van der Waals surface area contributed by atoms with E-state index in [1.54, 1.807) is 0 Å². The summed E-state index contributed by atoms with van der Waals surface area (Å²) in [5.41, 5.74) is 0. The molecule has 0 aromatic carbocycles. The third-order valence-corrected chi connectivity index (χ3v) is 4.64. The highest BCUT2D eigenvalue weighted by molar-refractivity contribution is 5.08. The number of nitrogens with one attached hydrogen (secondary N) is 1. The van der Waals surface area contributed by atoms with Crippen molar-refractivity contribution in [1.29, 1.82) is 5.26 Å². The van der Waals surface area contributed by atoms with E-state index in [1.807, 2.05) is 0 Å². The molecule has 0 bridgehead atoms. The Kier molecular flexibility index (Phi) is 2.02. The molecule has 1 N–H and O–H groups in total. The minimum atomic E-state index is 0.305. The van der Waals surface area contributed by atoms with Crippen LogP contribution in [0.15, 0.2) is 0 Å². The summed E-state index contributed by atoms with van der Waals surface area (Å²) in [6.45, 7) is 0. The molecule has 2 nitrogen and oxygen atoms in total. The molecule has 2 saturated carbocycles. The van der Waals surface area contributed by atoms with Crippen molar-refractivity contribution in [1.82, 2.24) is 5.32 Å². The molecule has 5 atom stereocenters. The van der Waals surface area contributed by atoms with Gasteiger partial charge < -0.3 is 5.32 Å². The molecule has 0 spiro atoms. The lowest BCUT2D eigenvalue weighted by Crippen LogP contribution is -2.39. The van der Waals surface area contributed by atoms with Crippen molar-refractivity contribution in [2.45, 2.75) is 50.6 Å². The van der Waals surface area contributed by atoms with E-state index in [0.717, 1.165) is 24.3 Å². The molecule has 3 rings (SSSR count). The zero-order valence-corrected chi connectivity index (χ0v) is 8.58. The van der Waals surface area contributed by atoms with Gasteiger partial charge in [0.05, 0.1) is 12.0 Å². The lowest BCUT2D eigenvalue weighted by molar-refractivity contribution is 0.231. The van der Waals surface area contributed by atoms with Crippen LogP contribution < -0.4 is 5.32 Å². The lowest BCUT2D eigenvalue weighted by atomic mass is 9.74. The number of hydrogen-bond donors (Lipinski definition) is 1. The average Bonchev–Trinajstić information content (AvgIpc) is 2.76. The predicted molar refractivity (Wildman–Crippen MR) is 54.5 cm³/mol. The van der Waals surface area contributed by atoms with Crippen LogP contribution in [0, 0.1) is 29.1 Å². The summed E-state index contributed by atoms with van der Waals surface area (Å²) in [6, 6.07) is 3.81. The van der Waals surface area contributed by atoms with Crippen molar-refractivity contribution in [3.8, 4) is 6.07 Å². The second-order valence-electron chi connectivity index (χ2n) is 5.22. The highest BCUT2D eigenvalue weighted by atomic mass is 15.0. The van der Waals surface area contributed by atoms with Crippen LogP contribution in [-0.2, 0) is 0 Å². The standard InChI is InChI=1S/C12H18N2/c13-7-8-3-1-5-10-9-4-2-6-11(9)14-12(8)10/h8-12,14H,1-6H2. The topological polar surface area (TPSA) is 35.8 Å². The van der Waals surface area contributed by atoms with Gasteiger partial charge >= 0.3 is 0 Å². The number of rotatable bonds is 0. The molecule has 0 radical (unpaired) electrons. The van der Waals surface area contributed by atoms with Crippen molar-refractivity contribution in [3.63, 3.8) is 0 Å². The van der Waals surface area contributed by atoms with Gasteiger partial charge in [-0.25, -0.2) is 0 Å². The summed E-state index contributed by atoms with van der Waals surface area (Å²) >= 11 is 0. The smallest absolute Gasteiger partial charge is 0.0672 e. The molecule has 1 heterocycles. The monoisotopic (exact) mass is 190 g/mol. The molecular formula is C12H18N2. The lowest BCUT2D eigenvalue weighted by Gasteiger charge is -2.31. The van der Waals surface area contributed by atoms with Crippen LogP contribution in [0.4, 0.5) is 0 Å². The van der Waals surface area contributed by atoms with Gasteiger partial charge in [-0.2, -0.15) is 5.26 Å². The Hall–Kier alpha value is -0.550. The molecule has 14 heavy (non-hydrogen) atoms. The van der Waals surface area contributed by atoms with E-state index in [0.29, 0.717) is 12.0 Å². The van der Waals surface area contributed by atoms with Crippen LogP contribution in [0.1, 0.15) is 38.5 Å². The Balaban J connectivity index is 1.82. The van der Waals surface area contributed by atoms with Crippen molar-refractivity contribution < 1.29 is 0 Å². The molecule has 0 aromatic rings. The zero-order chi connectivity index (χ0) is 9.54. The van der Waals surface area contributed by atoms with Crippen LogP contribution in [0.3, 0.4) is 0 Å². The van der Waals surface area contributed by atoms with E-state index in [9.17, 15) is 0 Å².